The van der Waals surface area contributed by atoms with E-state index in [0.717, 1.165) is 38.8 Å². The molecule has 96 valence electrons. The summed E-state index contributed by atoms with van der Waals surface area (Å²) in [6.45, 7) is 6.29. The fourth-order valence-electron chi connectivity index (χ4n) is 2.68. The van der Waals surface area contributed by atoms with Gasteiger partial charge in [0.25, 0.3) is 0 Å². The summed E-state index contributed by atoms with van der Waals surface area (Å²) in [5, 5.41) is 3.64. The first-order chi connectivity index (χ1) is 8.28. The average Bonchev–Trinajstić information content (AvgIpc) is 2.90. The number of H-pyrrole nitrogens is 1. The molecule has 3 nitrogen and oxygen atoms in total. The van der Waals surface area contributed by atoms with Crippen LogP contribution in [0.25, 0.3) is 0 Å². The van der Waals surface area contributed by atoms with Gasteiger partial charge in [0.1, 0.15) is 0 Å². The van der Waals surface area contributed by atoms with Crippen LogP contribution in [-0.4, -0.2) is 23.2 Å². The molecule has 1 aliphatic rings. The predicted octanol–water partition coefficient (Wildman–Crippen LogP) is 2.84. The van der Waals surface area contributed by atoms with Crippen molar-refractivity contribution in [2.45, 2.75) is 57.7 Å². The maximum absolute atomic E-state index is 5.98. The second-order valence-electron chi connectivity index (χ2n) is 5.00. The lowest BCUT2D eigenvalue weighted by molar-refractivity contribution is -0.0932. The lowest BCUT2D eigenvalue weighted by atomic mass is 9.86. The summed E-state index contributed by atoms with van der Waals surface area (Å²) >= 11 is 0. The molecule has 0 radical (unpaired) electrons. The number of aromatic amines is 1. The molecule has 0 bridgehead atoms. The van der Waals surface area contributed by atoms with Crippen LogP contribution in [0.2, 0.25) is 0 Å². The first kappa shape index (κ1) is 12.7. The molecule has 17 heavy (non-hydrogen) atoms. The molecule has 1 aliphatic heterocycles. The van der Waals surface area contributed by atoms with Crippen LogP contribution >= 0.6 is 0 Å². The Labute approximate surface area is 104 Å². The molecule has 0 saturated carbocycles. The number of rotatable bonds is 5. The van der Waals surface area contributed by atoms with Crippen molar-refractivity contribution >= 4 is 0 Å². The van der Waals surface area contributed by atoms with Gasteiger partial charge in [0.2, 0.25) is 0 Å². The highest BCUT2D eigenvalue weighted by molar-refractivity contribution is 5.03. The van der Waals surface area contributed by atoms with Gasteiger partial charge >= 0.3 is 0 Å². The van der Waals surface area contributed by atoms with Crippen LogP contribution in [0.5, 0.6) is 0 Å². The van der Waals surface area contributed by atoms with Gasteiger partial charge in [-0.15, -0.1) is 0 Å². The normalized spacial score (nSPS) is 23.8. The van der Waals surface area contributed by atoms with Crippen LogP contribution in [0, 0.1) is 0 Å². The summed E-state index contributed by atoms with van der Waals surface area (Å²) in [6.07, 6.45) is 6.47. The maximum Gasteiger partial charge on any atom is 0.0692 e. The fourth-order valence-corrected chi connectivity index (χ4v) is 2.68. The summed E-state index contributed by atoms with van der Waals surface area (Å²) in [5.74, 6) is 0. The Bertz CT molecular complexity index is 317. The van der Waals surface area contributed by atoms with E-state index in [1.54, 1.807) is 0 Å². The molecular formula is C14H24N2O. The first-order valence-corrected chi connectivity index (χ1v) is 6.77. The van der Waals surface area contributed by atoms with E-state index in [9.17, 15) is 0 Å². The van der Waals surface area contributed by atoms with Gasteiger partial charge in [0.15, 0.2) is 0 Å². The van der Waals surface area contributed by atoms with E-state index >= 15 is 0 Å². The van der Waals surface area contributed by atoms with Crippen LogP contribution in [0.4, 0.5) is 0 Å². The van der Waals surface area contributed by atoms with Crippen LogP contribution in [0.1, 0.15) is 45.2 Å². The van der Waals surface area contributed by atoms with Gasteiger partial charge < -0.3 is 15.0 Å². The number of ether oxygens (including phenoxy) is 1. The Morgan fingerprint density at radius 2 is 2.29 bits per heavy atom. The lowest BCUT2D eigenvalue weighted by Crippen LogP contribution is -2.46. The molecular weight excluding hydrogens is 212 g/mol. The van der Waals surface area contributed by atoms with Crippen molar-refractivity contribution in [3.63, 3.8) is 0 Å². The van der Waals surface area contributed by atoms with Crippen LogP contribution < -0.4 is 5.32 Å². The van der Waals surface area contributed by atoms with Crippen molar-refractivity contribution in [2.24, 2.45) is 0 Å². The Morgan fingerprint density at radius 3 is 2.94 bits per heavy atom. The summed E-state index contributed by atoms with van der Waals surface area (Å²) < 4.78 is 5.98. The quantitative estimate of drug-likeness (QED) is 0.825. The predicted molar refractivity (Wildman–Crippen MR) is 69.9 cm³/mol. The topological polar surface area (TPSA) is 37.0 Å². The van der Waals surface area contributed by atoms with E-state index in [4.69, 9.17) is 4.74 Å². The third-order valence-electron chi connectivity index (χ3n) is 4.03. The first-order valence-electron chi connectivity index (χ1n) is 6.77. The molecule has 0 aromatic carbocycles. The number of nitrogens with one attached hydrogen (secondary N) is 2. The van der Waals surface area contributed by atoms with E-state index in [0.29, 0.717) is 6.04 Å². The largest absolute Gasteiger partial charge is 0.375 e. The molecule has 1 fully saturated rings. The number of hydrogen-bond acceptors (Lipinski definition) is 2. The zero-order valence-corrected chi connectivity index (χ0v) is 11.0. The summed E-state index contributed by atoms with van der Waals surface area (Å²) in [6, 6.07) is 4.76. The van der Waals surface area contributed by atoms with Gasteiger partial charge in [0, 0.05) is 31.1 Å². The van der Waals surface area contributed by atoms with Crippen molar-refractivity contribution < 1.29 is 4.74 Å². The minimum Gasteiger partial charge on any atom is -0.375 e. The van der Waals surface area contributed by atoms with Crippen LogP contribution in [0.3, 0.4) is 0 Å². The highest BCUT2D eigenvalue weighted by atomic mass is 16.5. The summed E-state index contributed by atoms with van der Waals surface area (Å²) in [7, 11) is 0. The van der Waals surface area contributed by atoms with Gasteiger partial charge in [-0.05, 0) is 37.8 Å². The van der Waals surface area contributed by atoms with Gasteiger partial charge in [0.05, 0.1) is 5.60 Å². The molecule has 1 atom stereocenters. The van der Waals surface area contributed by atoms with Gasteiger partial charge in [-0.25, -0.2) is 0 Å². The van der Waals surface area contributed by atoms with Gasteiger partial charge in [-0.1, -0.05) is 13.8 Å². The Balaban J connectivity index is 1.85. The second-order valence-corrected chi connectivity index (χ2v) is 5.00. The Kier molecular flexibility index (Phi) is 4.24. The molecule has 1 unspecified atom stereocenters. The third kappa shape index (κ3) is 3.11. The molecule has 2 rings (SSSR count). The SMILES string of the molecule is CCC1(CC)CC(NCc2ccc[nH]2)CCO1. The average molecular weight is 236 g/mol. The molecule has 0 spiro atoms. The fraction of sp³-hybridized carbons (Fsp3) is 0.714. The van der Waals surface area contributed by atoms with Crippen LogP contribution in [-0.2, 0) is 11.3 Å². The number of aromatic nitrogens is 1. The molecule has 0 amide bonds. The van der Waals surface area contributed by atoms with Gasteiger partial charge in [-0.3, -0.25) is 0 Å². The van der Waals surface area contributed by atoms with E-state index < -0.39 is 0 Å². The number of hydrogen-bond donors (Lipinski definition) is 2. The van der Waals surface area contributed by atoms with E-state index in [2.05, 4.69) is 30.2 Å². The van der Waals surface area contributed by atoms with Crippen molar-refractivity contribution in [1.29, 1.82) is 0 Å². The molecule has 3 heteroatoms. The minimum atomic E-state index is 0.117. The minimum absolute atomic E-state index is 0.117. The summed E-state index contributed by atoms with van der Waals surface area (Å²) in [4.78, 5) is 3.23. The Hall–Kier alpha value is -0.800. The molecule has 2 heterocycles. The van der Waals surface area contributed by atoms with Crippen molar-refractivity contribution in [1.82, 2.24) is 10.3 Å². The second kappa shape index (κ2) is 5.69. The summed E-state index contributed by atoms with van der Waals surface area (Å²) in [5.41, 5.74) is 1.38. The molecule has 1 aromatic heterocycles. The van der Waals surface area contributed by atoms with Crippen molar-refractivity contribution in [2.75, 3.05) is 6.61 Å². The van der Waals surface area contributed by atoms with E-state index in [-0.39, 0.29) is 5.60 Å². The molecule has 0 aliphatic carbocycles. The molecule has 2 N–H and O–H groups in total. The van der Waals surface area contributed by atoms with Gasteiger partial charge in [-0.2, -0.15) is 0 Å². The zero-order chi connectivity index (χ0) is 12.1. The maximum atomic E-state index is 5.98. The highest BCUT2D eigenvalue weighted by Gasteiger charge is 2.34. The smallest absolute Gasteiger partial charge is 0.0692 e. The monoisotopic (exact) mass is 236 g/mol. The molecule has 1 saturated heterocycles. The van der Waals surface area contributed by atoms with E-state index in [1.807, 2.05) is 12.3 Å². The lowest BCUT2D eigenvalue weighted by Gasteiger charge is -2.40. The van der Waals surface area contributed by atoms with Crippen molar-refractivity contribution in [3.8, 4) is 0 Å². The molecule has 1 aromatic rings. The Morgan fingerprint density at radius 1 is 1.47 bits per heavy atom. The zero-order valence-electron chi connectivity index (χ0n) is 11.0. The van der Waals surface area contributed by atoms with Crippen LogP contribution in [0.15, 0.2) is 18.3 Å². The van der Waals surface area contributed by atoms with E-state index in [1.165, 1.54) is 5.69 Å². The third-order valence-corrected chi connectivity index (χ3v) is 4.03. The highest BCUT2D eigenvalue weighted by Crippen LogP contribution is 2.31. The standard InChI is InChI=1S/C14H24N2O/c1-3-14(4-2)10-12(7-9-17-14)16-11-13-6-5-8-15-13/h5-6,8,12,15-16H,3-4,7,9-11H2,1-2H3. The van der Waals surface area contributed by atoms with Crippen molar-refractivity contribution in [3.05, 3.63) is 24.0 Å².